The molecule has 0 amide bonds. The molecule has 0 aliphatic rings. The van der Waals surface area contributed by atoms with Gasteiger partial charge in [0, 0.05) is 6.08 Å². The summed E-state index contributed by atoms with van der Waals surface area (Å²) in [6, 6.07) is 3.71. The second-order valence-corrected chi connectivity index (χ2v) is 3.27. The van der Waals surface area contributed by atoms with Crippen LogP contribution in [0.1, 0.15) is 11.1 Å². The Bertz CT molecular complexity index is 466. The molecule has 0 aromatic heterocycles. The first-order valence-corrected chi connectivity index (χ1v) is 4.79. The zero-order chi connectivity index (χ0) is 12.8. The molecule has 90 valence electrons. The molecule has 0 unspecified atom stereocenters. The number of hydrogen-bond donors (Lipinski definition) is 1. The number of rotatable bonds is 4. The van der Waals surface area contributed by atoms with E-state index < -0.39 is 17.8 Å². The van der Waals surface area contributed by atoms with Crippen molar-refractivity contribution in [3.05, 3.63) is 41.2 Å². The van der Waals surface area contributed by atoms with Crippen LogP contribution < -0.4 is 0 Å². The Morgan fingerprint density at radius 1 is 1.47 bits per heavy atom. The quantitative estimate of drug-likeness (QED) is 0.639. The van der Waals surface area contributed by atoms with Gasteiger partial charge in [0.15, 0.2) is 0 Å². The van der Waals surface area contributed by atoms with E-state index in [0.717, 1.165) is 12.1 Å². The number of carboxylic acid groups (broad SMARTS) is 1. The Morgan fingerprint density at radius 3 is 2.76 bits per heavy atom. The van der Waals surface area contributed by atoms with Crippen LogP contribution in [0, 0.1) is 5.82 Å². The molecule has 0 saturated carbocycles. The lowest BCUT2D eigenvalue weighted by Gasteiger charge is -2.03. The number of aliphatic carboxylic acids is 1. The Balaban J connectivity index is 3.02. The van der Waals surface area contributed by atoms with Gasteiger partial charge in [0.1, 0.15) is 5.82 Å². The number of esters is 1. The number of hydrogen-bond acceptors (Lipinski definition) is 3. The predicted octanol–water partition coefficient (Wildman–Crippen LogP) is 1.64. The number of carbonyl (C=O) groups excluding carboxylic acids is 1. The van der Waals surface area contributed by atoms with E-state index in [1.54, 1.807) is 0 Å². The van der Waals surface area contributed by atoms with E-state index in [9.17, 15) is 14.0 Å². The number of halogens is 1. The molecule has 17 heavy (non-hydrogen) atoms. The third-order valence-corrected chi connectivity index (χ3v) is 2.05. The van der Waals surface area contributed by atoms with E-state index in [4.69, 9.17) is 5.11 Å². The number of carboxylic acids is 1. The van der Waals surface area contributed by atoms with Crippen LogP contribution in [0.2, 0.25) is 0 Å². The molecular weight excluding hydrogens is 227 g/mol. The maximum Gasteiger partial charge on any atom is 0.330 e. The van der Waals surface area contributed by atoms with E-state index in [1.165, 1.54) is 25.3 Å². The van der Waals surface area contributed by atoms with Gasteiger partial charge in [0.25, 0.3) is 0 Å². The van der Waals surface area contributed by atoms with Crippen molar-refractivity contribution >= 4 is 18.0 Å². The van der Waals surface area contributed by atoms with Gasteiger partial charge in [-0.3, -0.25) is 4.79 Å². The fourth-order valence-corrected chi connectivity index (χ4v) is 1.27. The standard InChI is InChI=1S/C12H11FO4/c1-17-12(16)5-3-8-6-10(13)4-2-9(8)7-11(14)15/h2-6H,7H2,1H3,(H,14,15). The lowest BCUT2D eigenvalue weighted by molar-refractivity contribution is -0.136. The van der Waals surface area contributed by atoms with Crippen LogP contribution >= 0.6 is 0 Å². The number of ether oxygens (including phenoxy) is 1. The van der Waals surface area contributed by atoms with Crippen LogP contribution in [0.3, 0.4) is 0 Å². The molecule has 0 aliphatic carbocycles. The fourth-order valence-electron chi connectivity index (χ4n) is 1.27. The third-order valence-electron chi connectivity index (χ3n) is 2.05. The van der Waals surface area contributed by atoms with Crippen LogP contribution in [0.4, 0.5) is 4.39 Å². The molecule has 0 saturated heterocycles. The van der Waals surface area contributed by atoms with Gasteiger partial charge in [-0.25, -0.2) is 9.18 Å². The Kier molecular flexibility index (Phi) is 4.39. The smallest absolute Gasteiger partial charge is 0.330 e. The van der Waals surface area contributed by atoms with Crippen molar-refractivity contribution in [1.82, 2.24) is 0 Å². The van der Waals surface area contributed by atoms with Crippen LogP contribution in [0.5, 0.6) is 0 Å². The molecule has 1 aromatic carbocycles. The maximum absolute atomic E-state index is 13.0. The molecular formula is C12H11FO4. The maximum atomic E-state index is 13.0. The molecule has 0 atom stereocenters. The van der Waals surface area contributed by atoms with Gasteiger partial charge >= 0.3 is 11.9 Å². The third kappa shape index (κ3) is 4.06. The highest BCUT2D eigenvalue weighted by atomic mass is 19.1. The van der Waals surface area contributed by atoms with Crippen molar-refractivity contribution in [2.75, 3.05) is 7.11 Å². The highest BCUT2D eigenvalue weighted by molar-refractivity contribution is 5.87. The fraction of sp³-hybridized carbons (Fsp3) is 0.167. The topological polar surface area (TPSA) is 63.6 Å². The highest BCUT2D eigenvalue weighted by Gasteiger charge is 2.06. The molecule has 0 aliphatic heterocycles. The average Bonchev–Trinajstić information content (AvgIpc) is 2.28. The van der Waals surface area contributed by atoms with Crippen molar-refractivity contribution in [2.24, 2.45) is 0 Å². The molecule has 0 bridgehead atoms. The van der Waals surface area contributed by atoms with Gasteiger partial charge < -0.3 is 9.84 Å². The van der Waals surface area contributed by atoms with E-state index in [0.29, 0.717) is 11.1 Å². The minimum absolute atomic E-state index is 0.235. The summed E-state index contributed by atoms with van der Waals surface area (Å²) < 4.78 is 17.4. The molecule has 5 heteroatoms. The first kappa shape index (κ1) is 12.9. The zero-order valence-electron chi connectivity index (χ0n) is 9.14. The SMILES string of the molecule is COC(=O)C=Cc1cc(F)ccc1CC(=O)O. The lowest BCUT2D eigenvalue weighted by atomic mass is 10.0. The van der Waals surface area contributed by atoms with Gasteiger partial charge in [-0.2, -0.15) is 0 Å². The van der Waals surface area contributed by atoms with Gasteiger partial charge in [-0.05, 0) is 29.3 Å². The second kappa shape index (κ2) is 5.79. The largest absolute Gasteiger partial charge is 0.481 e. The minimum Gasteiger partial charge on any atom is -0.481 e. The lowest BCUT2D eigenvalue weighted by Crippen LogP contribution is -2.02. The summed E-state index contributed by atoms with van der Waals surface area (Å²) in [5.41, 5.74) is 0.775. The van der Waals surface area contributed by atoms with Gasteiger partial charge in [-0.15, -0.1) is 0 Å². The minimum atomic E-state index is -1.02. The van der Waals surface area contributed by atoms with Crippen molar-refractivity contribution < 1.29 is 23.8 Å². The van der Waals surface area contributed by atoms with Gasteiger partial charge in [0.05, 0.1) is 13.5 Å². The summed E-state index contributed by atoms with van der Waals surface area (Å²) in [6.45, 7) is 0. The molecule has 0 spiro atoms. The first-order chi connectivity index (χ1) is 8.02. The second-order valence-electron chi connectivity index (χ2n) is 3.27. The number of carbonyl (C=O) groups is 2. The Labute approximate surface area is 97.3 Å². The normalized spacial score (nSPS) is 10.5. The number of benzene rings is 1. The van der Waals surface area contributed by atoms with Crippen LogP contribution in [-0.2, 0) is 20.7 Å². The Hall–Kier alpha value is -2.17. The summed E-state index contributed by atoms with van der Waals surface area (Å²) in [4.78, 5) is 21.5. The van der Waals surface area contributed by atoms with Crippen molar-refractivity contribution in [3.8, 4) is 0 Å². The summed E-state index contributed by atoms with van der Waals surface area (Å²) in [5, 5.41) is 8.67. The predicted molar refractivity (Wildman–Crippen MR) is 58.8 cm³/mol. The van der Waals surface area contributed by atoms with E-state index in [1.807, 2.05) is 0 Å². The van der Waals surface area contributed by atoms with Crippen molar-refractivity contribution in [3.63, 3.8) is 0 Å². The molecule has 0 radical (unpaired) electrons. The molecule has 4 nitrogen and oxygen atoms in total. The van der Waals surface area contributed by atoms with Crippen LogP contribution in [0.15, 0.2) is 24.3 Å². The van der Waals surface area contributed by atoms with Crippen LogP contribution in [0.25, 0.3) is 6.08 Å². The average molecular weight is 238 g/mol. The van der Waals surface area contributed by atoms with Crippen molar-refractivity contribution in [1.29, 1.82) is 0 Å². The molecule has 0 heterocycles. The molecule has 1 rings (SSSR count). The van der Waals surface area contributed by atoms with E-state index >= 15 is 0 Å². The van der Waals surface area contributed by atoms with Gasteiger partial charge in [-0.1, -0.05) is 6.07 Å². The summed E-state index contributed by atoms with van der Waals surface area (Å²) in [5.74, 6) is -2.11. The summed E-state index contributed by atoms with van der Waals surface area (Å²) >= 11 is 0. The molecule has 1 N–H and O–H groups in total. The first-order valence-electron chi connectivity index (χ1n) is 4.79. The van der Waals surface area contributed by atoms with Gasteiger partial charge in [0.2, 0.25) is 0 Å². The Morgan fingerprint density at radius 2 is 2.18 bits per heavy atom. The zero-order valence-corrected chi connectivity index (χ0v) is 9.14. The summed E-state index contributed by atoms with van der Waals surface area (Å²) in [7, 11) is 1.22. The monoisotopic (exact) mass is 238 g/mol. The summed E-state index contributed by atoms with van der Waals surface area (Å²) in [6.07, 6.45) is 2.20. The van der Waals surface area contributed by atoms with E-state index in [-0.39, 0.29) is 6.42 Å². The number of methoxy groups -OCH3 is 1. The van der Waals surface area contributed by atoms with E-state index in [2.05, 4.69) is 4.74 Å². The highest BCUT2D eigenvalue weighted by Crippen LogP contribution is 2.14. The van der Waals surface area contributed by atoms with Crippen molar-refractivity contribution in [2.45, 2.75) is 6.42 Å². The molecule has 1 aromatic rings. The molecule has 0 fully saturated rings. The van der Waals surface area contributed by atoms with Crippen LogP contribution in [-0.4, -0.2) is 24.2 Å².